The minimum atomic E-state index is -4.66. The van der Waals surface area contributed by atoms with E-state index >= 15 is 0 Å². The van der Waals surface area contributed by atoms with Crippen LogP contribution in [-0.4, -0.2) is 60.3 Å². The van der Waals surface area contributed by atoms with E-state index < -0.39 is 24.4 Å². The molecule has 27 heavy (non-hydrogen) atoms. The predicted molar refractivity (Wildman–Crippen MR) is 98.8 cm³/mol. The van der Waals surface area contributed by atoms with Crippen molar-refractivity contribution >= 4 is 35.6 Å². The molecule has 10 heteroatoms. The van der Waals surface area contributed by atoms with Crippen molar-refractivity contribution in [2.24, 2.45) is 0 Å². The highest BCUT2D eigenvalue weighted by atomic mass is 32.2. The largest absolute Gasteiger partial charge is 0.443 e. The van der Waals surface area contributed by atoms with E-state index in [0.29, 0.717) is 30.0 Å². The van der Waals surface area contributed by atoms with Gasteiger partial charge in [0.1, 0.15) is 23.7 Å². The molecule has 1 amide bonds. The number of hydrogen-bond donors (Lipinski definition) is 0. The Hall–Kier alpha value is -1.97. The molecule has 0 aliphatic carbocycles. The van der Waals surface area contributed by atoms with E-state index in [4.69, 9.17) is 4.74 Å². The van der Waals surface area contributed by atoms with Gasteiger partial charge in [-0.2, -0.15) is 24.9 Å². The lowest BCUT2D eigenvalue weighted by atomic mass is 10.2. The summed E-state index contributed by atoms with van der Waals surface area (Å²) in [7, 11) is 0. The van der Waals surface area contributed by atoms with E-state index in [9.17, 15) is 22.8 Å². The highest BCUT2D eigenvalue weighted by Crippen LogP contribution is 2.28. The highest BCUT2D eigenvalue weighted by molar-refractivity contribution is 7.99. The quantitative estimate of drug-likeness (QED) is 0.711. The number of aromatic nitrogens is 1. The molecule has 0 spiro atoms. The smallest absolute Gasteiger partial charge is 0.416 e. The Morgan fingerprint density at radius 1 is 1.30 bits per heavy atom. The highest BCUT2D eigenvalue weighted by Gasteiger charge is 2.37. The molecule has 150 valence electrons. The maximum atomic E-state index is 13.1. The van der Waals surface area contributed by atoms with Crippen molar-refractivity contribution in [1.29, 1.82) is 0 Å². The topological polar surface area (TPSA) is 62.7 Å². The molecule has 1 aliphatic heterocycles. The van der Waals surface area contributed by atoms with Crippen LogP contribution in [0.2, 0.25) is 0 Å². The normalized spacial score (nSPS) is 15.4. The van der Waals surface area contributed by atoms with Gasteiger partial charge in [-0.3, -0.25) is 9.69 Å². The van der Waals surface area contributed by atoms with Crippen molar-refractivity contribution in [3.63, 3.8) is 0 Å². The molecular formula is C17H22F3N3O3S. The number of ether oxygens (including phenoxy) is 1. The van der Waals surface area contributed by atoms with Gasteiger partial charge in [0.15, 0.2) is 6.29 Å². The molecule has 1 fully saturated rings. The van der Waals surface area contributed by atoms with E-state index in [1.807, 2.05) is 4.90 Å². The van der Waals surface area contributed by atoms with E-state index in [0.717, 1.165) is 11.5 Å². The lowest BCUT2D eigenvalue weighted by Gasteiger charge is -2.31. The number of nitrogens with zero attached hydrogens (tertiary/aromatic N) is 3. The maximum absolute atomic E-state index is 13.1. The van der Waals surface area contributed by atoms with Gasteiger partial charge >= 0.3 is 12.3 Å². The summed E-state index contributed by atoms with van der Waals surface area (Å²) in [6, 6.07) is 2.89. The van der Waals surface area contributed by atoms with Crippen LogP contribution in [0.3, 0.4) is 0 Å². The Morgan fingerprint density at radius 3 is 2.44 bits per heavy atom. The third-order valence-corrected chi connectivity index (χ3v) is 4.48. The van der Waals surface area contributed by atoms with Crippen molar-refractivity contribution < 1.29 is 27.5 Å². The second-order valence-electron chi connectivity index (χ2n) is 7.01. The standard InChI is InChI=1S/C17H22F3N3O3S/c1-16(2,3)26-15(25)23(11-17(18,19)20)14-9-13(8-12(10-24)21-14)22-4-6-27-7-5-22/h8-10H,4-7,11H2,1-3H3. The zero-order chi connectivity index (χ0) is 20.2. The van der Waals surface area contributed by atoms with Crippen LogP contribution in [0, 0.1) is 0 Å². The molecule has 0 saturated carbocycles. The molecule has 1 aromatic heterocycles. The minimum absolute atomic E-state index is 0.0449. The number of pyridine rings is 1. The summed E-state index contributed by atoms with van der Waals surface area (Å²) >= 11 is 1.77. The molecule has 0 radical (unpaired) electrons. The number of amides is 1. The number of rotatable bonds is 4. The first-order valence-electron chi connectivity index (χ1n) is 8.36. The summed E-state index contributed by atoms with van der Waals surface area (Å²) in [5, 5.41) is 0. The molecule has 1 saturated heterocycles. The van der Waals surface area contributed by atoms with Gasteiger partial charge in [0.05, 0.1) is 0 Å². The number of halogens is 3. The molecular weight excluding hydrogens is 383 g/mol. The number of anilines is 2. The third kappa shape index (κ3) is 6.60. The van der Waals surface area contributed by atoms with Crippen molar-refractivity contribution in [3.05, 3.63) is 17.8 Å². The molecule has 0 unspecified atom stereocenters. The lowest BCUT2D eigenvalue weighted by Crippen LogP contribution is -2.43. The van der Waals surface area contributed by atoms with Gasteiger partial charge in [-0.15, -0.1) is 0 Å². The van der Waals surface area contributed by atoms with Crippen molar-refractivity contribution in [2.45, 2.75) is 32.5 Å². The predicted octanol–water partition coefficient (Wildman–Crippen LogP) is 3.75. The summed E-state index contributed by atoms with van der Waals surface area (Å²) in [4.78, 5) is 29.9. The molecule has 2 heterocycles. The number of thioether (sulfide) groups is 1. The third-order valence-electron chi connectivity index (χ3n) is 3.54. The number of alkyl halides is 3. The summed E-state index contributed by atoms with van der Waals surface area (Å²) in [5.41, 5.74) is -0.467. The van der Waals surface area contributed by atoms with Crippen LogP contribution >= 0.6 is 11.8 Å². The van der Waals surface area contributed by atoms with E-state index in [2.05, 4.69) is 4.98 Å². The second kappa shape index (κ2) is 8.37. The minimum Gasteiger partial charge on any atom is -0.443 e. The monoisotopic (exact) mass is 405 g/mol. The average Bonchev–Trinajstić information content (AvgIpc) is 2.57. The first kappa shape index (κ1) is 21.3. The molecule has 1 aromatic rings. The van der Waals surface area contributed by atoms with Gasteiger partial charge in [-0.05, 0) is 26.8 Å². The van der Waals surface area contributed by atoms with E-state index in [1.54, 1.807) is 32.5 Å². The van der Waals surface area contributed by atoms with Crippen LogP contribution in [0.5, 0.6) is 0 Å². The van der Waals surface area contributed by atoms with E-state index in [1.165, 1.54) is 12.1 Å². The van der Waals surface area contributed by atoms with Crippen LogP contribution in [-0.2, 0) is 4.74 Å². The summed E-state index contributed by atoms with van der Waals surface area (Å²) in [6.07, 6.45) is -5.37. The fourth-order valence-electron chi connectivity index (χ4n) is 2.46. The molecule has 0 aromatic carbocycles. The van der Waals surface area contributed by atoms with Gasteiger partial charge in [-0.1, -0.05) is 0 Å². The molecule has 6 nitrogen and oxygen atoms in total. The Morgan fingerprint density at radius 2 is 1.93 bits per heavy atom. The molecule has 0 atom stereocenters. The van der Waals surface area contributed by atoms with Crippen molar-refractivity contribution in [3.8, 4) is 0 Å². The first-order chi connectivity index (χ1) is 12.5. The lowest BCUT2D eigenvalue weighted by molar-refractivity contribution is -0.119. The summed E-state index contributed by atoms with van der Waals surface area (Å²) in [6.45, 7) is 4.50. The second-order valence-corrected chi connectivity index (χ2v) is 8.23. The van der Waals surface area contributed by atoms with Crippen molar-refractivity contribution in [1.82, 2.24) is 4.98 Å². The summed E-state index contributed by atoms with van der Waals surface area (Å²) < 4.78 is 44.3. The van der Waals surface area contributed by atoms with Gasteiger partial charge < -0.3 is 9.64 Å². The van der Waals surface area contributed by atoms with Crippen LogP contribution in [0.15, 0.2) is 12.1 Å². The summed E-state index contributed by atoms with van der Waals surface area (Å²) in [5.74, 6) is 1.47. The van der Waals surface area contributed by atoms with Gasteiger partial charge in [0, 0.05) is 36.3 Å². The Labute approximate surface area is 160 Å². The maximum Gasteiger partial charge on any atom is 0.416 e. The number of hydrogen-bond acceptors (Lipinski definition) is 6. The van der Waals surface area contributed by atoms with Gasteiger partial charge in [-0.25, -0.2) is 9.78 Å². The van der Waals surface area contributed by atoms with Crippen LogP contribution < -0.4 is 9.80 Å². The average molecular weight is 405 g/mol. The van der Waals surface area contributed by atoms with Crippen LogP contribution in [0.1, 0.15) is 31.3 Å². The Balaban J connectivity index is 2.43. The molecule has 1 aliphatic rings. The van der Waals surface area contributed by atoms with Gasteiger partial charge in [0.2, 0.25) is 0 Å². The zero-order valence-corrected chi connectivity index (χ0v) is 16.2. The Bertz CT molecular complexity index is 686. The van der Waals surface area contributed by atoms with Crippen LogP contribution in [0.25, 0.3) is 0 Å². The molecule has 0 bridgehead atoms. The molecule has 2 rings (SSSR count). The fourth-order valence-corrected chi connectivity index (χ4v) is 3.36. The number of carbonyl (C=O) groups excluding carboxylic acids is 2. The van der Waals surface area contributed by atoms with Crippen LogP contribution in [0.4, 0.5) is 29.5 Å². The first-order valence-corrected chi connectivity index (χ1v) is 9.51. The van der Waals surface area contributed by atoms with Crippen molar-refractivity contribution in [2.75, 3.05) is 40.9 Å². The SMILES string of the molecule is CC(C)(C)OC(=O)N(CC(F)(F)F)c1cc(N2CCSCC2)cc(C=O)n1. The number of aldehydes is 1. The fraction of sp³-hybridized carbons (Fsp3) is 0.588. The number of carbonyl (C=O) groups is 2. The zero-order valence-electron chi connectivity index (χ0n) is 15.4. The molecule has 0 N–H and O–H groups in total. The van der Waals surface area contributed by atoms with E-state index in [-0.39, 0.29) is 11.5 Å². The Kier molecular flexibility index (Phi) is 6.61. The van der Waals surface area contributed by atoms with Gasteiger partial charge in [0.25, 0.3) is 0 Å².